The third-order valence-electron chi connectivity index (χ3n) is 5.65. The van der Waals surface area contributed by atoms with Crippen LogP contribution in [0.25, 0.3) is 40.1 Å². The van der Waals surface area contributed by atoms with Crippen LogP contribution in [0.4, 0.5) is 8.78 Å². The Morgan fingerprint density at radius 1 is 0.943 bits per heavy atom. The molecule has 0 unspecified atom stereocenters. The van der Waals surface area contributed by atoms with Crippen molar-refractivity contribution in [3.05, 3.63) is 95.6 Å². The zero-order valence-electron chi connectivity index (χ0n) is 18.7. The highest BCUT2D eigenvalue weighted by molar-refractivity contribution is 5.89. The average Bonchev–Trinajstić information content (AvgIpc) is 3.27. The molecule has 2 heterocycles. The van der Waals surface area contributed by atoms with E-state index in [9.17, 15) is 14.0 Å². The molecule has 0 aliphatic carbocycles. The van der Waals surface area contributed by atoms with Crippen molar-refractivity contribution in [2.24, 2.45) is 0 Å². The van der Waals surface area contributed by atoms with Gasteiger partial charge in [0.2, 0.25) is 0 Å². The zero-order valence-corrected chi connectivity index (χ0v) is 18.7. The number of pyridine rings is 1. The van der Waals surface area contributed by atoms with Gasteiger partial charge in [0.15, 0.2) is 17.1 Å². The fraction of sp³-hybridized carbons (Fsp3) is 0.0714. The number of fused-ring (bicyclic) bond motifs is 3. The van der Waals surface area contributed by atoms with Crippen molar-refractivity contribution in [1.29, 1.82) is 5.26 Å². The number of methoxy groups -OCH3 is 1. The first-order chi connectivity index (χ1) is 17.1. The number of hydrogen-bond acceptors (Lipinski definition) is 4. The van der Waals surface area contributed by atoms with Crippen molar-refractivity contribution < 1.29 is 18.3 Å². The molecular weight excluding hydrogens is 448 g/mol. The summed E-state index contributed by atoms with van der Waals surface area (Å²) in [5, 5.41) is 10.1. The number of alkyl halides is 2. The number of rotatable bonds is 6. The number of nitrogens with zero attached hydrogens (tertiary/aromatic N) is 3. The van der Waals surface area contributed by atoms with Gasteiger partial charge in [-0.1, -0.05) is 60.7 Å². The zero-order chi connectivity index (χ0) is 24.4. The van der Waals surface area contributed by atoms with E-state index in [2.05, 4.69) is 10.8 Å². The molecule has 172 valence electrons. The standard InChI is InChI=1S/C28H19F2N3O2/c1-34-26-15-18(12-14-25(26)35-28(29)30)11-13-20-16-24(19-7-3-2-4-8-19)33-23-10-6-5-9-22(23)32-27(33)21(20)17-31/h2-16,28H,1H3/b13-11+. The van der Waals surface area contributed by atoms with Crippen LogP contribution in [0, 0.1) is 11.3 Å². The molecule has 0 aliphatic heterocycles. The summed E-state index contributed by atoms with van der Waals surface area (Å²) in [6.45, 7) is -2.95. The topological polar surface area (TPSA) is 59.5 Å². The molecule has 3 aromatic carbocycles. The van der Waals surface area contributed by atoms with Gasteiger partial charge in [0, 0.05) is 0 Å². The van der Waals surface area contributed by atoms with E-state index in [0.717, 1.165) is 22.3 Å². The van der Waals surface area contributed by atoms with E-state index < -0.39 is 6.61 Å². The summed E-state index contributed by atoms with van der Waals surface area (Å²) in [4.78, 5) is 4.75. The number of para-hydroxylation sites is 2. The summed E-state index contributed by atoms with van der Waals surface area (Å²) in [6, 6.07) is 26.6. The number of nitriles is 1. The van der Waals surface area contributed by atoms with Crippen molar-refractivity contribution >= 4 is 28.8 Å². The van der Waals surface area contributed by atoms with Crippen LogP contribution in [-0.4, -0.2) is 23.1 Å². The van der Waals surface area contributed by atoms with Gasteiger partial charge < -0.3 is 9.47 Å². The summed E-state index contributed by atoms with van der Waals surface area (Å²) in [7, 11) is 1.39. The number of imidazole rings is 1. The highest BCUT2D eigenvalue weighted by Crippen LogP contribution is 2.32. The van der Waals surface area contributed by atoms with Gasteiger partial charge in [-0.3, -0.25) is 4.40 Å². The third kappa shape index (κ3) is 4.18. The molecule has 0 aliphatic rings. The predicted molar refractivity (Wildman–Crippen MR) is 131 cm³/mol. The van der Waals surface area contributed by atoms with Gasteiger partial charge >= 0.3 is 6.61 Å². The summed E-state index contributed by atoms with van der Waals surface area (Å²) >= 11 is 0. The Labute approximate surface area is 200 Å². The van der Waals surface area contributed by atoms with Crippen molar-refractivity contribution in [2.45, 2.75) is 6.61 Å². The minimum Gasteiger partial charge on any atom is -0.493 e. The molecule has 0 N–H and O–H groups in total. The Hall–Kier alpha value is -4.70. The van der Waals surface area contributed by atoms with Crippen LogP contribution in [-0.2, 0) is 0 Å². The average molecular weight is 467 g/mol. The van der Waals surface area contributed by atoms with E-state index in [1.165, 1.54) is 13.2 Å². The second-order valence-corrected chi connectivity index (χ2v) is 7.72. The number of halogens is 2. The lowest BCUT2D eigenvalue weighted by Crippen LogP contribution is -2.03. The maximum absolute atomic E-state index is 12.6. The van der Waals surface area contributed by atoms with Crippen LogP contribution in [0.15, 0.2) is 78.9 Å². The van der Waals surface area contributed by atoms with Gasteiger partial charge in [0.1, 0.15) is 11.6 Å². The Morgan fingerprint density at radius 2 is 1.71 bits per heavy atom. The minimum absolute atomic E-state index is 0.0470. The van der Waals surface area contributed by atoms with E-state index in [-0.39, 0.29) is 11.5 Å². The molecule has 35 heavy (non-hydrogen) atoms. The predicted octanol–water partition coefficient (Wildman–Crippen LogP) is 6.81. The molecule has 0 fully saturated rings. The fourth-order valence-electron chi connectivity index (χ4n) is 4.09. The second kappa shape index (κ2) is 9.27. The molecular formula is C28H19F2N3O2. The molecule has 0 amide bonds. The molecule has 0 bridgehead atoms. The Balaban J connectivity index is 1.68. The van der Waals surface area contributed by atoms with Crippen molar-refractivity contribution in [3.8, 4) is 28.8 Å². The molecule has 0 atom stereocenters. The Morgan fingerprint density at radius 3 is 2.46 bits per heavy atom. The molecule has 5 rings (SSSR count). The van der Waals surface area contributed by atoms with Gasteiger partial charge in [-0.15, -0.1) is 0 Å². The Bertz CT molecular complexity index is 1600. The summed E-state index contributed by atoms with van der Waals surface area (Å²) in [5.41, 5.74) is 5.95. The van der Waals surface area contributed by atoms with Crippen LogP contribution in [0.3, 0.4) is 0 Å². The molecule has 0 saturated carbocycles. The summed E-state index contributed by atoms with van der Waals surface area (Å²) in [5.74, 6) is 0.141. The van der Waals surface area contributed by atoms with Crippen molar-refractivity contribution in [2.75, 3.05) is 7.11 Å². The van der Waals surface area contributed by atoms with Crippen molar-refractivity contribution in [3.63, 3.8) is 0 Å². The van der Waals surface area contributed by atoms with E-state index in [0.29, 0.717) is 22.3 Å². The van der Waals surface area contributed by atoms with Gasteiger partial charge in [-0.05, 0) is 47.0 Å². The number of ether oxygens (including phenoxy) is 2. The molecule has 2 aromatic heterocycles. The van der Waals surface area contributed by atoms with Crippen LogP contribution in [0.2, 0.25) is 0 Å². The highest BCUT2D eigenvalue weighted by atomic mass is 19.3. The highest BCUT2D eigenvalue weighted by Gasteiger charge is 2.17. The first kappa shape index (κ1) is 22.1. The Kier molecular flexibility index (Phi) is 5.86. The summed E-state index contributed by atoms with van der Waals surface area (Å²) < 4.78 is 37.0. The smallest absolute Gasteiger partial charge is 0.387 e. The molecule has 7 heteroatoms. The lowest BCUT2D eigenvalue weighted by molar-refractivity contribution is -0.0512. The third-order valence-corrected chi connectivity index (χ3v) is 5.65. The number of benzene rings is 3. The van der Waals surface area contributed by atoms with Crippen LogP contribution < -0.4 is 9.47 Å². The lowest BCUT2D eigenvalue weighted by Gasteiger charge is -2.11. The largest absolute Gasteiger partial charge is 0.493 e. The maximum Gasteiger partial charge on any atom is 0.387 e. The molecule has 0 radical (unpaired) electrons. The quantitative estimate of drug-likeness (QED) is 0.275. The van der Waals surface area contributed by atoms with E-state index in [4.69, 9.17) is 9.72 Å². The molecule has 0 spiro atoms. The van der Waals surface area contributed by atoms with Gasteiger partial charge in [-0.2, -0.15) is 14.0 Å². The van der Waals surface area contributed by atoms with E-state index in [1.807, 2.05) is 71.1 Å². The fourth-order valence-corrected chi connectivity index (χ4v) is 4.09. The lowest BCUT2D eigenvalue weighted by atomic mass is 10.0. The second-order valence-electron chi connectivity index (χ2n) is 7.72. The first-order valence-electron chi connectivity index (χ1n) is 10.8. The van der Waals surface area contributed by atoms with Gasteiger partial charge in [-0.25, -0.2) is 4.98 Å². The SMILES string of the molecule is COc1cc(/C=C/c2cc(-c3ccccc3)n3c(nc4ccccc43)c2C#N)ccc1OC(F)F. The molecule has 5 nitrogen and oxygen atoms in total. The van der Waals surface area contributed by atoms with Gasteiger partial charge in [0.25, 0.3) is 0 Å². The normalized spacial score (nSPS) is 11.4. The molecule has 5 aromatic rings. The summed E-state index contributed by atoms with van der Waals surface area (Å²) in [6.07, 6.45) is 3.60. The van der Waals surface area contributed by atoms with Gasteiger partial charge in [0.05, 0.1) is 23.8 Å². The number of hydrogen-bond donors (Lipinski definition) is 0. The number of aromatic nitrogens is 2. The maximum atomic E-state index is 12.6. The monoisotopic (exact) mass is 467 g/mol. The first-order valence-corrected chi connectivity index (χ1v) is 10.8. The minimum atomic E-state index is -2.95. The molecule has 0 saturated heterocycles. The van der Waals surface area contributed by atoms with Crippen LogP contribution in [0.1, 0.15) is 16.7 Å². The van der Waals surface area contributed by atoms with Crippen LogP contribution in [0.5, 0.6) is 11.5 Å². The van der Waals surface area contributed by atoms with Crippen LogP contribution >= 0.6 is 0 Å². The van der Waals surface area contributed by atoms with E-state index >= 15 is 0 Å². The van der Waals surface area contributed by atoms with Crippen molar-refractivity contribution in [1.82, 2.24) is 9.38 Å². The van der Waals surface area contributed by atoms with E-state index in [1.54, 1.807) is 18.2 Å².